The number of hydrazone groups is 1. The second-order valence-electron chi connectivity index (χ2n) is 3.91. The van der Waals surface area contributed by atoms with Crippen LogP contribution in [0.2, 0.25) is 0 Å². The second kappa shape index (κ2) is 5.50. The summed E-state index contributed by atoms with van der Waals surface area (Å²) in [6, 6.07) is 2.71. The molecule has 3 nitrogen and oxygen atoms in total. The molecule has 0 atom stereocenters. The van der Waals surface area contributed by atoms with E-state index in [9.17, 15) is 13.2 Å². The standard InChI is InChI=1S/C13H9ClF3N3/c1-8-4-5-11(14)20-19-10(7-8)9-3-2-6-18-12(9)13(15,16)17/h2-7,19H,1H2/b5-4-,10-7?,20-11+. The Hall–Kier alpha value is -2.08. The summed E-state index contributed by atoms with van der Waals surface area (Å²) in [6.45, 7) is 3.70. The Morgan fingerprint density at radius 1 is 1.25 bits per heavy atom. The second-order valence-corrected chi connectivity index (χ2v) is 4.30. The zero-order valence-electron chi connectivity index (χ0n) is 10.1. The van der Waals surface area contributed by atoms with Gasteiger partial charge < -0.3 is 0 Å². The lowest BCUT2D eigenvalue weighted by molar-refractivity contribution is -0.141. The van der Waals surface area contributed by atoms with Gasteiger partial charge in [-0.05, 0) is 29.9 Å². The van der Waals surface area contributed by atoms with Gasteiger partial charge in [0, 0.05) is 11.8 Å². The van der Waals surface area contributed by atoms with Gasteiger partial charge in [-0.2, -0.15) is 18.3 Å². The topological polar surface area (TPSA) is 37.3 Å². The Morgan fingerprint density at radius 3 is 2.70 bits per heavy atom. The number of rotatable bonds is 1. The van der Waals surface area contributed by atoms with Crippen molar-refractivity contribution in [1.29, 1.82) is 0 Å². The highest BCUT2D eigenvalue weighted by Crippen LogP contribution is 2.33. The van der Waals surface area contributed by atoms with Crippen molar-refractivity contribution in [3.8, 4) is 0 Å². The molecule has 0 saturated carbocycles. The number of alkyl halides is 3. The van der Waals surface area contributed by atoms with Crippen LogP contribution < -0.4 is 5.43 Å². The summed E-state index contributed by atoms with van der Waals surface area (Å²) in [5, 5.41) is 3.85. The number of nitrogens with zero attached hydrogens (tertiary/aromatic N) is 2. The maximum atomic E-state index is 12.9. The van der Waals surface area contributed by atoms with Crippen molar-refractivity contribution in [2.75, 3.05) is 0 Å². The summed E-state index contributed by atoms with van der Waals surface area (Å²) in [7, 11) is 0. The number of allylic oxidation sites excluding steroid dienone is 4. The van der Waals surface area contributed by atoms with Crippen molar-refractivity contribution >= 4 is 22.5 Å². The van der Waals surface area contributed by atoms with Gasteiger partial charge in [-0.15, -0.1) is 0 Å². The first kappa shape index (κ1) is 14.3. The van der Waals surface area contributed by atoms with Crippen molar-refractivity contribution in [1.82, 2.24) is 10.4 Å². The van der Waals surface area contributed by atoms with Gasteiger partial charge in [-0.25, -0.2) is 0 Å². The third-order valence-corrected chi connectivity index (χ3v) is 2.62. The fourth-order valence-electron chi connectivity index (χ4n) is 1.58. The quantitative estimate of drug-likeness (QED) is 0.858. The van der Waals surface area contributed by atoms with E-state index < -0.39 is 11.9 Å². The lowest BCUT2D eigenvalue weighted by atomic mass is 10.1. The van der Waals surface area contributed by atoms with E-state index in [0.29, 0.717) is 5.57 Å². The molecule has 7 heteroatoms. The van der Waals surface area contributed by atoms with Gasteiger partial charge in [0.25, 0.3) is 0 Å². The van der Waals surface area contributed by atoms with Crippen molar-refractivity contribution in [3.05, 3.63) is 60.0 Å². The van der Waals surface area contributed by atoms with Crippen LogP contribution in [-0.2, 0) is 6.18 Å². The minimum absolute atomic E-state index is 0.106. The molecule has 0 unspecified atom stereocenters. The molecule has 0 saturated heterocycles. The number of halogens is 4. The molecule has 1 N–H and O–H groups in total. The van der Waals surface area contributed by atoms with Crippen LogP contribution in [0.4, 0.5) is 13.2 Å². The molecule has 104 valence electrons. The number of pyridine rings is 1. The molecule has 1 aromatic heterocycles. The van der Waals surface area contributed by atoms with Gasteiger partial charge in [0.2, 0.25) is 0 Å². The van der Waals surface area contributed by atoms with Crippen LogP contribution in [0.3, 0.4) is 0 Å². The zero-order valence-corrected chi connectivity index (χ0v) is 10.8. The molecule has 0 fully saturated rings. The third kappa shape index (κ3) is 3.27. The molecule has 0 aromatic carbocycles. The van der Waals surface area contributed by atoms with E-state index in [-0.39, 0.29) is 16.4 Å². The molecule has 1 aliphatic heterocycles. The molecule has 1 aliphatic rings. The summed E-state index contributed by atoms with van der Waals surface area (Å²) in [5.41, 5.74) is 1.98. The summed E-state index contributed by atoms with van der Waals surface area (Å²) < 4.78 is 38.8. The van der Waals surface area contributed by atoms with E-state index in [1.807, 2.05) is 0 Å². The Labute approximate surface area is 118 Å². The Morgan fingerprint density at radius 2 is 2.00 bits per heavy atom. The van der Waals surface area contributed by atoms with Gasteiger partial charge in [0.05, 0.1) is 5.70 Å². The summed E-state index contributed by atoms with van der Waals surface area (Å²) in [6.07, 6.45) is 0.997. The minimum Gasteiger partial charge on any atom is -0.276 e. The average molecular weight is 300 g/mol. The fourth-order valence-corrected chi connectivity index (χ4v) is 1.68. The first-order valence-electron chi connectivity index (χ1n) is 5.48. The molecule has 0 bridgehead atoms. The largest absolute Gasteiger partial charge is 0.434 e. The van der Waals surface area contributed by atoms with Crippen LogP contribution in [0.25, 0.3) is 5.70 Å². The van der Waals surface area contributed by atoms with Crippen LogP contribution in [-0.4, -0.2) is 10.2 Å². The fraction of sp³-hybridized carbons (Fsp3) is 0.0769. The van der Waals surface area contributed by atoms with Crippen molar-refractivity contribution < 1.29 is 13.2 Å². The molecular weight excluding hydrogens is 291 g/mol. The number of nitrogens with one attached hydrogen (secondary N) is 1. The first-order chi connectivity index (χ1) is 9.38. The molecule has 0 amide bonds. The van der Waals surface area contributed by atoms with Gasteiger partial charge in [0.15, 0.2) is 5.69 Å². The molecule has 0 aliphatic carbocycles. The molecule has 2 heterocycles. The van der Waals surface area contributed by atoms with Crippen molar-refractivity contribution in [2.24, 2.45) is 5.10 Å². The summed E-state index contributed by atoms with van der Waals surface area (Å²) >= 11 is 5.74. The number of hydrogen-bond donors (Lipinski definition) is 1. The van der Waals surface area contributed by atoms with Crippen LogP contribution >= 0.6 is 11.6 Å². The molecular formula is C13H9ClF3N3. The van der Waals surface area contributed by atoms with E-state index in [0.717, 1.165) is 6.20 Å². The van der Waals surface area contributed by atoms with E-state index >= 15 is 0 Å². The highest BCUT2D eigenvalue weighted by molar-refractivity contribution is 6.68. The maximum absolute atomic E-state index is 12.9. The lowest BCUT2D eigenvalue weighted by Crippen LogP contribution is -2.16. The normalized spacial score (nSPS) is 20.1. The summed E-state index contributed by atoms with van der Waals surface area (Å²) in [5.74, 6) is 0. The average Bonchev–Trinajstić information content (AvgIpc) is 2.38. The van der Waals surface area contributed by atoms with Crippen LogP contribution in [0, 0.1) is 0 Å². The summed E-state index contributed by atoms with van der Waals surface area (Å²) in [4.78, 5) is 3.39. The zero-order chi connectivity index (χ0) is 14.8. The lowest BCUT2D eigenvalue weighted by Gasteiger charge is -2.15. The van der Waals surface area contributed by atoms with Crippen LogP contribution in [0.1, 0.15) is 11.3 Å². The van der Waals surface area contributed by atoms with E-state index in [1.165, 1.54) is 24.3 Å². The Kier molecular flexibility index (Phi) is 3.94. The van der Waals surface area contributed by atoms with Crippen LogP contribution in [0.15, 0.2) is 53.8 Å². The predicted molar refractivity (Wildman–Crippen MR) is 71.9 cm³/mol. The molecule has 20 heavy (non-hydrogen) atoms. The third-order valence-electron chi connectivity index (χ3n) is 2.41. The Bertz CT molecular complexity index is 630. The van der Waals surface area contributed by atoms with E-state index in [4.69, 9.17) is 11.6 Å². The van der Waals surface area contributed by atoms with E-state index in [2.05, 4.69) is 22.1 Å². The smallest absolute Gasteiger partial charge is 0.276 e. The molecule has 0 spiro atoms. The predicted octanol–water partition coefficient (Wildman–Crippen LogP) is 3.71. The first-order valence-corrected chi connectivity index (χ1v) is 5.86. The molecule has 0 radical (unpaired) electrons. The van der Waals surface area contributed by atoms with Gasteiger partial charge in [-0.1, -0.05) is 24.3 Å². The van der Waals surface area contributed by atoms with E-state index in [1.54, 1.807) is 6.08 Å². The monoisotopic (exact) mass is 299 g/mol. The van der Waals surface area contributed by atoms with Gasteiger partial charge in [0.1, 0.15) is 5.17 Å². The SMILES string of the molecule is C=C1C=C(c2cccnc2C(F)(F)F)N/N=C(Cl)\C=C/1. The highest BCUT2D eigenvalue weighted by Gasteiger charge is 2.36. The maximum Gasteiger partial charge on any atom is 0.434 e. The molecule has 2 rings (SSSR count). The number of hydrogen-bond acceptors (Lipinski definition) is 3. The minimum atomic E-state index is -4.56. The molecule has 1 aromatic rings. The number of aromatic nitrogens is 1. The van der Waals surface area contributed by atoms with Crippen molar-refractivity contribution in [2.45, 2.75) is 6.18 Å². The van der Waals surface area contributed by atoms with Gasteiger partial charge >= 0.3 is 6.18 Å². The van der Waals surface area contributed by atoms with Crippen molar-refractivity contribution in [3.63, 3.8) is 0 Å². The van der Waals surface area contributed by atoms with Gasteiger partial charge in [-0.3, -0.25) is 10.4 Å². The Balaban J connectivity index is 2.54. The highest BCUT2D eigenvalue weighted by atomic mass is 35.5. The van der Waals surface area contributed by atoms with Crippen LogP contribution in [0.5, 0.6) is 0 Å².